The fourth-order valence-corrected chi connectivity index (χ4v) is 5.03. The van der Waals surface area contributed by atoms with Gasteiger partial charge in [-0.15, -0.1) is 0 Å². The molecule has 0 bridgehead atoms. The number of nitrogens with zero attached hydrogens (tertiary/aromatic N) is 1. The van der Waals surface area contributed by atoms with E-state index < -0.39 is 21.2 Å². The maximum atomic E-state index is 13.7. The molecule has 1 saturated heterocycles. The number of amides is 1. The number of sulfone groups is 1. The van der Waals surface area contributed by atoms with Crippen LogP contribution in [-0.4, -0.2) is 36.4 Å². The van der Waals surface area contributed by atoms with E-state index in [0.717, 1.165) is 0 Å². The number of halogens is 1. The molecule has 1 fully saturated rings. The van der Waals surface area contributed by atoms with Crippen molar-refractivity contribution < 1.29 is 22.0 Å². The lowest BCUT2D eigenvalue weighted by atomic mass is 10.0. The molecule has 1 unspecified atom stereocenters. The van der Waals surface area contributed by atoms with E-state index in [2.05, 4.69) is 10.3 Å². The largest absolute Gasteiger partial charge is 0.441 e. The molecule has 1 aromatic heterocycles. The fraction of sp³-hybridized carbons (Fsp3) is 0.412. The van der Waals surface area contributed by atoms with Crippen molar-refractivity contribution in [3.63, 3.8) is 0 Å². The Bertz CT molecular complexity index is 894. The number of carbonyl (C=O) groups excluding carboxylic acids is 1. The van der Waals surface area contributed by atoms with Crippen molar-refractivity contribution in [3.05, 3.63) is 42.2 Å². The van der Waals surface area contributed by atoms with Gasteiger partial charge in [0.2, 0.25) is 5.91 Å². The molecule has 8 heteroatoms. The number of nitrogens with one attached hydrogen (secondary N) is 1. The predicted molar refractivity (Wildman–Crippen MR) is 90.0 cm³/mol. The molecule has 0 aliphatic carbocycles. The maximum Gasteiger partial charge on any atom is 0.220 e. The molecule has 2 aromatic rings. The number of aromatic nitrogens is 1. The third kappa shape index (κ3) is 4.25. The molecule has 1 amide bonds. The normalized spacial score (nSPS) is 22.0. The first-order valence-corrected chi connectivity index (χ1v) is 9.80. The van der Waals surface area contributed by atoms with E-state index in [1.807, 2.05) is 0 Å². The second kappa shape index (κ2) is 6.59. The van der Waals surface area contributed by atoms with Crippen LogP contribution in [0.3, 0.4) is 0 Å². The van der Waals surface area contributed by atoms with E-state index in [0.29, 0.717) is 23.6 Å². The minimum Gasteiger partial charge on any atom is -0.441 e. The number of oxazole rings is 1. The number of carbonyl (C=O) groups is 1. The van der Waals surface area contributed by atoms with Gasteiger partial charge in [-0.2, -0.15) is 0 Å². The molecule has 2 heterocycles. The predicted octanol–water partition coefficient (Wildman–Crippen LogP) is 2.11. The zero-order chi connectivity index (χ0) is 18.1. The maximum absolute atomic E-state index is 13.7. The van der Waals surface area contributed by atoms with Crippen molar-refractivity contribution in [2.45, 2.75) is 31.7 Å². The Morgan fingerprint density at radius 2 is 2.16 bits per heavy atom. The molecular formula is C17H19FN2O4S. The van der Waals surface area contributed by atoms with Crippen LogP contribution in [-0.2, 0) is 21.1 Å². The van der Waals surface area contributed by atoms with Crippen LogP contribution in [0.1, 0.15) is 25.7 Å². The van der Waals surface area contributed by atoms with Crippen molar-refractivity contribution in [3.8, 4) is 11.3 Å². The topological polar surface area (TPSA) is 89.3 Å². The van der Waals surface area contributed by atoms with Gasteiger partial charge < -0.3 is 9.73 Å². The van der Waals surface area contributed by atoms with Crippen LogP contribution in [0, 0.1) is 5.82 Å². The summed E-state index contributed by atoms with van der Waals surface area (Å²) in [6.45, 7) is 1.73. The van der Waals surface area contributed by atoms with Gasteiger partial charge in [-0.25, -0.2) is 17.8 Å². The Labute approximate surface area is 145 Å². The Balaban J connectivity index is 1.58. The number of aryl methyl sites for hydroxylation is 1. The van der Waals surface area contributed by atoms with E-state index in [9.17, 15) is 17.6 Å². The zero-order valence-corrected chi connectivity index (χ0v) is 14.6. The van der Waals surface area contributed by atoms with E-state index >= 15 is 0 Å². The van der Waals surface area contributed by atoms with E-state index in [1.54, 1.807) is 25.1 Å². The summed E-state index contributed by atoms with van der Waals surface area (Å²) < 4.78 is 42.4. The lowest BCUT2D eigenvalue weighted by Gasteiger charge is -2.23. The first-order valence-electron chi connectivity index (χ1n) is 7.97. The summed E-state index contributed by atoms with van der Waals surface area (Å²) in [6.07, 6.45) is 2.21. The SMILES string of the molecule is CC1(NC(=O)CCc2ncc(-c3ccccc3F)o2)CCS(=O)(=O)C1. The van der Waals surface area contributed by atoms with Crippen LogP contribution in [0.15, 0.2) is 34.9 Å². The van der Waals surface area contributed by atoms with E-state index in [-0.39, 0.29) is 30.3 Å². The van der Waals surface area contributed by atoms with Gasteiger partial charge in [0.15, 0.2) is 21.5 Å². The van der Waals surface area contributed by atoms with Crippen molar-refractivity contribution in [1.82, 2.24) is 10.3 Å². The van der Waals surface area contributed by atoms with Crippen molar-refractivity contribution in [1.29, 1.82) is 0 Å². The van der Waals surface area contributed by atoms with Crippen LogP contribution in [0.25, 0.3) is 11.3 Å². The first-order chi connectivity index (χ1) is 11.8. The van der Waals surface area contributed by atoms with E-state index in [1.165, 1.54) is 12.3 Å². The van der Waals surface area contributed by atoms with Crippen LogP contribution < -0.4 is 5.32 Å². The van der Waals surface area contributed by atoms with Gasteiger partial charge in [0, 0.05) is 12.8 Å². The quantitative estimate of drug-likeness (QED) is 0.875. The first kappa shape index (κ1) is 17.6. The summed E-state index contributed by atoms with van der Waals surface area (Å²) >= 11 is 0. The van der Waals surface area contributed by atoms with Crippen LogP contribution in [0.2, 0.25) is 0 Å². The summed E-state index contributed by atoms with van der Waals surface area (Å²) in [7, 11) is -3.08. The molecule has 6 nitrogen and oxygen atoms in total. The Kier molecular flexibility index (Phi) is 4.64. The van der Waals surface area contributed by atoms with Crippen molar-refractivity contribution in [2.75, 3.05) is 11.5 Å². The third-order valence-corrected chi connectivity index (χ3v) is 6.11. The molecule has 0 spiro atoms. The van der Waals surface area contributed by atoms with Gasteiger partial charge in [0.1, 0.15) is 5.82 Å². The Hall–Kier alpha value is -2.22. The second-order valence-electron chi connectivity index (χ2n) is 6.55. The summed E-state index contributed by atoms with van der Waals surface area (Å²) in [4.78, 5) is 16.2. The summed E-state index contributed by atoms with van der Waals surface area (Å²) in [6, 6.07) is 6.21. The van der Waals surface area contributed by atoms with Gasteiger partial charge in [-0.3, -0.25) is 4.79 Å². The van der Waals surface area contributed by atoms with Crippen molar-refractivity contribution in [2.24, 2.45) is 0 Å². The standard InChI is InChI=1S/C17H19FN2O4S/c1-17(8-9-25(22,23)11-17)20-15(21)6-7-16-19-10-14(24-16)12-4-2-3-5-13(12)18/h2-5,10H,6-9,11H2,1H3,(H,20,21). The molecular weight excluding hydrogens is 347 g/mol. The number of rotatable bonds is 5. The smallest absolute Gasteiger partial charge is 0.220 e. The molecule has 1 aliphatic rings. The highest BCUT2D eigenvalue weighted by Gasteiger charge is 2.39. The number of hydrogen-bond acceptors (Lipinski definition) is 5. The minimum absolute atomic E-state index is 0.0395. The highest BCUT2D eigenvalue weighted by Crippen LogP contribution is 2.24. The molecule has 1 atom stereocenters. The van der Waals surface area contributed by atoms with Gasteiger partial charge in [-0.05, 0) is 25.5 Å². The Morgan fingerprint density at radius 3 is 2.84 bits per heavy atom. The molecule has 1 aliphatic heterocycles. The molecule has 25 heavy (non-hydrogen) atoms. The molecule has 134 valence electrons. The average molecular weight is 366 g/mol. The van der Waals surface area contributed by atoms with Gasteiger partial charge >= 0.3 is 0 Å². The van der Waals surface area contributed by atoms with Gasteiger partial charge in [-0.1, -0.05) is 12.1 Å². The molecule has 3 rings (SSSR count). The fourth-order valence-electron chi connectivity index (χ4n) is 2.94. The number of benzene rings is 1. The summed E-state index contributed by atoms with van der Waals surface area (Å²) in [5.41, 5.74) is -0.403. The average Bonchev–Trinajstić information content (AvgIpc) is 3.10. The lowest BCUT2D eigenvalue weighted by Crippen LogP contribution is -2.47. The highest BCUT2D eigenvalue weighted by atomic mass is 32.2. The number of hydrogen-bond donors (Lipinski definition) is 1. The van der Waals surface area contributed by atoms with Crippen LogP contribution in [0.5, 0.6) is 0 Å². The van der Waals surface area contributed by atoms with E-state index in [4.69, 9.17) is 4.42 Å². The molecule has 0 radical (unpaired) electrons. The monoisotopic (exact) mass is 366 g/mol. The molecule has 0 saturated carbocycles. The minimum atomic E-state index is -3.08. The van der Waals surface area contributed by atoms with Gasteiger partial charge in [0.05, 0.1) is 28.8 Å². The van der Waals surface area contributed by atoms with Gasteiger partial charge in [0.25, 0.3) is 0 Å². The van der Waals surface area contributed by atoms with Crippen LogP contribution in [0.4, 0.5) is 4.39 Å². The summed E-state index contributed by atoms with van der Waals surface area (Å²) in [5, 5.41) is 2.78. The molecule has 1 aromatic carbocycles. The third-order valence-electron chi connectivity index (χ3n) is 4.20. The second-order valence-corrected chi connectivity index (χ2v) is 8.73. The molecule has 1 N–H and O–H groups in total. The van der Waals surface area contributed by atoms with Crippen molar-refractivity contribution >= 4 is 15.7 Å². The summed E-state index contributed by atoms with van der Waals surface area (Å²) in [5.74, 6) is 0.0287. The highest BCUT2D eigenvalue weighted by molar-refractivity contribution is 7.91. The Morgan fingerprint density at radius 1 is 1.40 bits per heavy atom. The zero-order valence-electron chi connectivity index (χ0n) is 13.8. The van der Waals surface area contributed by atoms with Crippen LogP contribution >= 0.6 is 0 Å². The lowest BCUT2D eigenvalue weighted by molar-refractivity contribution is -0.122.